The fraction of sp³-hybridized carbons (Fsp3) is 0.194. The molecule has 5 heterocycles. The Morgan fingerprint density at radius 3 is 2.41 bits per heavy atom. The number of benzene rings is 2. The predicted molar refractivity (Wildman–Crippen MR) is 151 cm³/mol. The minimum Gasteiger partial charge on any atom is -0.299 e. The van der Waals surface area contributed by atoms with Crippen LogP contribution in [0.15, 0.2) is 97.7 Å². The summed E-state index contributed by atoms with van der Waals surface area (Å²) in [6.45, 7) is 2.98. The summed E-state index contributed by atoms with van der Waals surface area (Å²) in [5.41, 5.74) is 7.25. The molecule has 4 aromatic heterocycles. The molecular weight excluding hydrogens is 484 g/mol. The van der Waals surface area contributed by atoms with Crippen LogP contribution in [0.5, 0.6) is 0 Å². The fourth-order valence-electron chi connectivity index (χ4n) is 5.43. The second-order valence-electron chi connectivity index (χ2n) is 10.00. The van der Waals surface area contributed by atoms with Crippen LogP contribution in [0, 0.1) is 0 Å². The maximum absolute atomic E-state index is 4.82. The summed E-state index contributed by atoms with van der Waals surface area (Å²) in [7, 11) is 0. The highest BCUT2D eigenvalue weighted by molar-refractivity contribution is 5.89. The summed E-state index contributed by atoms with van der Waals surface area (Å²) >= 11 is 0. The van der Waals surface area contributed by atoms with Crippen molar-refractivity contribution in [3.63, 3.8) is 0 Å². The zero-order chi connectivity index (χ0) is 26.0. The zero-order valence-electron chi connectivity index (χ0n) is 21.5. The lowest BCUT2D eigenvalue weighted by atomic mass is 9.95. The van der Waals surface area contributed by atoms with Crippen molar-refractivity contribution in [2.45, 2.75) is 25.3 Å². The molecule has 7 rings (SSSR count). The standard InChI is InChI=1S/C31H28N8/c1-2-6-23(7-3-1)27-28(34-21-39-19-16-33-31(27)39)24-11-9-22(10-12-24)20-38-17-13-25(14-18-38)29-35-30(37-36-29)26-8-4-5-15-32-26/h1-12,15-16,19,21,25H,13-14,17-18,20H2,(H,35,36,37). The van der Waals surface area contributed by atoms with Crippen molar-refractivity contribution in [1.29, 1.82) is 0 Å². The number of H-pyrrole nitrogens is 1. The summed E-state index contributed by atoms with van der Waals surface area (Å²) in [6, 6.07) is 25.0. The number of hydrogen-bond donors (Lipinski definition) is 1. The third-order valence-electron chi connectivity index (χ3n) is 7.50. The number of hydrogen-bond acceptors (Lipinski definition) is 6. The van der Waals surface area contributed by atoms with Gasteiger partial charge >= 0.3 is 0 Å². The van der Waals surface area contributed by atoms with Crippen molar-refractivity contribution in [3.05, 3.63) is 109 Å². The van der Waals surface area contributed by atoms with Gasteiger partial charge in [0.05, 0.1) is 11.3 Å². The average Bonchev–Trinajstić information content (AvgIpc) is 3.69. The van der Waals surface area contributed by atoms with Crippen molar-refractivity contribution in [1.82, 2.24) is 39.4 Å². The Balaban J connectivity index is 1.04. The lowest BCUT2D eigenvalue weighted by Crippen LogP contribution is -2.32. The lowest BCUT2D eigenvalue weighted by Gasteiger charge is -2.30. The Labute approximate surface area is 226 Å². The molecule has 8 nitrogen and oxygen atoms in total. The highest BCUT2D eigenvalue weighted by atomic mass is 15.2. The van der Waals surface area contributed by atoms with Gasteiger partial charge in [0.1, 0.15) is 17.7 Å². The van der Waals surface area contributed by atoms with Gasteiger partial charge in [-0.25, -0.2) is 15.0 Å². The zero-order valence-corrected chi connectivity index (χ0v) is 21.5. The van der Waals surface area contributed by atoms with E-state index in [1.807, 2.05) is 47.4 Å². The Kier molecular flexibility index (Phi) is 6.14. The van der Waals surface area contributed by atoms with Gasteiger partial charge in [0.15, 0.2) is 11.6 Å². The molecule has 8 heteroatoms. The topological polar surface area (TPSA) is 87.9 Å². The molecule has 2 aromatic carbocycles. The number of imidazole rings is 1. The van der Waals surface area contributed by atoms with E-state index in [-0.39, 0.29) is 0 Å². The number of aromatic amines is 1. The van der Waals surface area contributed by atoms with Crippen molar-refractivity contribution in [2.24, 2.45) is 0 Å². The molecule has 0 saturated carbocycles. The molecule has 1 aliphatic rings. The number of fused-ring (bicyclic) bond motifs is 1. The number of piperidine rings is 1. The number of nitrogens with zero attached hydrogens (tertiary/aromatic N) is 7. The third-order valence-corrected chi connectivity index (χ3v) is 7.50. The van der Waals surface area contributed by atoms with E-state index in [4.69, 9.17) is 9.97 Å². The first-order valence-corrected chi connectivity index (χ1v) is 13.3. The molecule has 0 aliphatic carbocycles. The third kappa shape index (κ3) is 4.70. The van der Waals surface area contributed by atoms with E-state index in [2.05, 4.69) is 73.6 Å². The SMILES string of the molecule is c1ccc(-c2c(-c3ccc(CN4CCC(c5n[nH]c(-c6ccccn6)n5)CC4)cc3)ncn3ccnc23)cc1. The quantitative estimate of drug-likeness (QED) is 0.312. The monoisotopic (exact) mass is 512 g/mol. The number of likely N-dealkylation sites (tertiary alicyclic amines) is 1. The molecule has 6 aromatic rings. The second kappa shape index (κ2) is 10.2. The molecule has 1 saturated heterocycles. The summed E-state index contributed by atoms with van der Waals surface area (Å²) in [6.07, 6.45) is 9.47. The Bertz CT molecular complexity index is 1680. The largest absolute Gasteiger partial charge is 0.299 e. The Morgan fingerprint density at radius 2 is 1.62 bits per heavy atom. The van der Waals surface area contributed by atoms with Gasteiger partial charge in [-0.1, -0.05) is 60.7 Å². The van der Waals surface area contributed by atoms with Crippen LogP contribution in [0.4, 0.5) is 0 Å². The molecule has 1 fully saturated rings. The van der Waals surface area contributed by atoms with E-state index in [9.17, 15) is 0 Å². The Morgan fingerprint density at radius 1 is 0.795 bits per heavy atom. The molecule has 1 N–H and O–H groups in total. The summed E-state index contributed by atoms with van der Waals surface area (Å²) in [5.74, 6) is 2.01. The minimum atomic E-state index is 0.373. The molecule has 1 aliphatic heterocycles. The fourth-order valence-corrected chi connectivity index (χ4v) is 5.43. The lowest BCUT2D eigenvalue weighted by molar-refractivity contribution is 0.202. The molecule has 192 valence electrons. The average molecular weight is 513 g/mol. The number of rotatable bonds is 6. The van der Waals surface area contributed by atoms with Crippen LogP contribution in [0.2, 0.25) is 0 Å². The molecule has 0 spiro atoms. The van der Waals surface area contributed by atoms with Gasteiger partial charge in [0, 0.05) is 36.6 Å². The minimum absolute atomic E-state index is 0.373. The van der Waals surface area contributed by atoms with Crippen LogP contribution in [-0.2, 0) is 6.54 Å². The van der Waals surface area contributed by atoms with Gasteiger partial charge < -0.3 is 0 Å². The normalized spacial score (nSPS) is 14.7. The van der Waals surface area contributed by atoms with Crippen molar-refractivity contribution >= 4 is 5.65 Å². The van der Waals surface area contributed by atoms with Crippen molar-refractivity contribution in [2.75, 3.05) is 13.1 Å². The van der Waals surface area contributed by atoms with Gasteiger partial charge in [-0.2, -0.15) is 5.10 Å². The van der Waals surface area contributed by atoms with E-state index in [0.29, 0.717) is 5.92 Å². The summed E-state index contributed by atoms with van der Waals surface area (Å²) in [5, 5.41) is 7.57. The first-order valence-electron chi connectivity index (χ1n) is 13.3. The summed E-state index contributed by atoms with van der Waals surface area (Å²) < 4.78 is 1.97. The van der Waals surface area contributed by atoms with Crippen LogP contribution >= 0.6 is 0 Å². The number of aromatic nitrogens is 7. The van der Waals surface area contributed by atoms with E-state index in [1.54, 1.807) is 6.20 Å². The highest BCUT2D eigenvalue weighted by Crippen LogP contribution is 2.34. The maximum atomic E-state index is 4.82. The van der Waals surface area contributed by atoms with Gasteiger partial charge in [-0.15, -0.1) is 0 Å². The van der Waals surface area contributed by atoms with Gasteiger partial charge in [0.25, 0.3) is 0 Å². The van der Waals surface area contributed by atoms with Crippen LogP contribution in [0.25, 0.3) is 39.5 Å². The first-order chi connectivity index (χ1) is 19.3. The Hall–Kier alpha value is -4.69. The second-order valence-corrected chi connectivity index (χ2v) is 10.00. The molecule has 39 heavy (non-hydrogen) atoms. The predicted octanol–water partition coefficient (Wildman–Crippen LogP) is 5.62. The van der Waals surface area contributed by atoms with Crippen LogP contribution in [0.3, 0.4) is 0 Å². The summed E-state index contributed by atoms with van der Waals surface area (Å²) in [4.78, 5) is 21.1. The smallest absolute Gasteiger partial charge is 0.174 e. The number of pyridine rings is 1. The van der Waals surface area contributed by atoms with Crippen LogP contribution in [0.1, 0.15) is 30.1 Å². The molecular formula is C31H28N8. The van der Waals surface area contributed by atoms with E-state index >= 15 is 0 Å². The van der Waals surface area contributed by atoms with Gasteiger partial charge in [0.2, 0.25) is 0 Å². The highest BCUT2D eigenvalue weighted by Gasteiger charge is 2.24. The molecule has 0 unspecified atom stereocenters. The molecule has 0 bridgehead atoms. The van der Waals surface area contributed by atoms with Crippen LogP contribution < -0.4 is 0 Å². The molecule has 0 atom stereocenters. The van der Waals surface area contributed by atoms with Crippen LogP contribution in [-0.4, -0.2) is 52.5 Å². The van der Waals surface area contributed by atoms with E-state index in [0.717, 1.165) is 77.9 Å². The van der Waals surface area contributed by atoms with E-state index in [1.165, 1.54) is 5.56 Å². The maximum Gasteiger partial charge on any atom is 0.174 e. The molecule has 0 radical (unpaired) electrons. The van der Waals surface area contributed by atoms with Crippen molar-refractivity contribution in [3.8, 4) is 33.9 Å². The molecule has 0 amide bonds. The van der Waals surface area contributed by atoms with Crippen molar-refractivity contribution < 1.29 is 0 Å². The van der Waals surface area contributed by atoms with E-state index < -0.39 is 0 Å². The first kappa shape index (κ1) is 23.4. The van der Waals surface area contributed by atoms with Gasteiger partial charge in [-0.3, -0.25) is 19.4 Å². The van der Waals surface area contributed by atoms with Gasteiger partial charge in [-0.05, 0) is 49.2 Å². The number of nitrogens with one attached hydrogen (secondary N) is 1.